The molecule has 0 saturated heterocycles. The summed E-state index contributed by atoms with van der Waals surface area (Å²) in [7, 11) is -9.25. The number of nitriles is 4. The lowest BCUT2D eigenvalue weighted by Crippen LogP contribution is -2.16. The van der Waals surface area contributed by atoms with E-state index < -0.39 is 42.3 Å². The van der Waals surface area contributed by atoms with Crippen LogP contribution in [0.3, 0.4) is 0 Å². The molecule has 2 aliphatic heterocycles. The first-order chi connectivity index (χ1) is 15.1. The smallest absolute Gasteiger partial charge is 0.253 e. The Morgan fingerprint density at radius 1 is 0.562 bits per heavy atom. The molecule has 156 valence electrons. The molecule has 0 N–H and O–H groups in total. The van der Waals surface area contributed by atoms with Gasteiger partial charge in [0.1, 0.15) is 22.0 Å². The molecule has 0 saturated carbocycles. The van der Waals surface area contributed by atoms with Crippen molar-refractivity contribution in [2.45, 2.75) is 12.2 Å². The minimum atomic E-state index is -4.62. The molecule has 2 heterocycles. The molecule has 12 heteroatoms. The molecule has 2 atom stereocenters. The van der Waals surface area contributed by atoms with Gasteiger partial charge in [-0.25, -0.2) is 0 Å². The molecule has 0 aromatic heterocycles. The van der Waals surface area contributed by atoms with Crippen molar-refractivity contribution >= 4 is 20.2 Å². The normalized spacial score (nSPS) is 22.2. The Bertz CT molecular complexity index is 1430. The Balaban J connectivity index is 1.96. The zero-order chi connectivity index (χ0) is 23.3. The summed E-state index contributed by atoms with van der Waals surface area (Å²) in [6.07, 6.45) is -3.33. The van der Waals surface area contributed by atoms with E-state index in [9.17, 15) is 37.9 Å². The van der Waals surface area contributed by atoms with Crippen LogP contribution in [-0.2, 0) is 28.6 Å². The quantitative estimate of drug-likeness (QED) is 0.595. The predicted molar refractivity (Wildman–Crippen MR) is 104 cm³/mol. The van der Waals surface area contributed by atoms with Crippen LogP contribution < -0.4 is 0 Å². The van der Waals surface area contributed by atoms with E-state index >= 15 is 0 Å². The summed E-state index contributed by atoms with van der Waals surface area (Å²) in [6.45, 7) is 0. The van der Waals surface area contributed by atoms with E-state index in [-0.39, 0.29) is 33.4 Å². The molecule has 2 aromatic carbocycles. The molecule has 0 bridgehead atoms. The fourth-order valence-electron chi connectivity index (χ4n) is 3.49. The number of rotatable bonds is 2. The Kier molecular flexibility index (Phi) is 4.82. The highest BCUT2D eigenvalue weighted by Crippen LogP contribution is 2.54. The van der Waals surface area contributed by atoms with E-state index in [0.717, 1.165) is 0 Å². The molecule has 0 spiro atoms. The number of hydrogen-bond acceptors (Lipinski definition) is 10. The SMILES string of the molecule is N#Cc1cc(C#N)cc(C2OS(=O)(=O)C3=C2S(=O)(=O)OC3c2cc(C#N)cc(C#N)c2)c1. The van der Waals surface area contributed by atoms with E-state index in [1.165, 1.54) is 36.4 Å². The first kappa shape index (κ1) is 21.2. The second-order valence-corrected chi connectivity index (χ2v) is 9.80. The standard InChI is InChI=1S/C20H8N4O6S2/c21-7-11-1-12(8-22)4-15(3-11)17-19-20(32(27,28)29-17)18(30-31(19,25)26)16-5-13(9-23)2-14(6-16)10-24/h1-6,17-18H. The summed E-state index contributed by atoms with van der Waals surface area (Å²) in [5, 5.41) is 36.7. The van der Waals surface area contributed by atoms with Gasteiger partial charge < -0.3 is 0 Å². The van der Waals surface area contributed by atoms with E-state index in [1.807, 2.05) is 24.3 Å². The van der Waals surface area contributed by atoms with Crippen LogP contribution >= 0.6 is 0 Å². The zero-order valence-corrected chi connectivity index (χ0v) is 17.3. The lowest BCUT2D eigenvalue weighted by Gasteiger charge is -2.16. The summed E-state index contributed by atoms with van der Waals surface area (Å²) < 4.78 is 61.5. The van der Waals surface area contributed by atoms with Crippen molar-refractivity contribution in [3.8, 4) is 24.3 Å². The van der Waals surface area contributed by atoms with Crippen molar-refractivity contribution in [2.24, 2.45) is 0 Å². The van der Waals surface area contributed by atoms with Gasteiger partial charge in [0, 0.05) is 0 Å². The Hall–Kier alpha value is -4.04. The average Bonchev–Trinajstić information content (AvgIpc) is 3.24. The van der Waals surface area contributed by atoms with E-state index in [1.54, 1.807) is 0 Å². The second kappa shape index (κ2) is 7.28. The van der Waals surface area contributed by atoms with Crippen molar-refractivity contribution in [3.05, 3.63) is 79.6 Å². The van der Waals surface area contributed by atoms with Gasteiger partial charge in [-0.15, -0.1) is 0 Å². The fraction of sp³-hybridized carbons (Fsp3) is 0.100. The van der Waals surface area contributed by atoms with Crippen LogP contribution in [0.1, 0.15) is 45.6 Å². The first-order valence-corrected chi connectivity index (χ1v) is 11.5. The van der Waals surface area contributed by atoms with Crippen molar-refractivity contribution in [3.63, 3.8) is 0 Å². The summed E-state index contributed by atoms with van der Waals surface area (Å²) in [6, 6.07) is 14.6. The van der Waals surface area contributed by atoms with Gasteiger partial charge in [-0.1, -0.05) is 0 Å². The zero-order valence-electron chi connectivity index (χ0n) is 15.7. The monoisotopic (exact) mass is 464 g/mol. The fourth-order valence-corrected chi connectivity index (χ4v) is 6.95. The van der Waals surface area contributed by atoms with Gasteiger partial charge in [0.25, 0.3) is 20.2 Å². The van der Waals surface area contributed by atoms with Crippen molar-refractivity contribution in [1.82, 2.24) is 0 Å². The van der Waals surface area contributed by atoms with Crippen LogP contribution in [0.25, 0.3) is 0 Å². The Morgan fingerprint density at radius 2 is 0.844 bits per heavy atom. The van der Waals surface area contributed by atoms with Crippen LogP contribution in [0.15, 0.2) is 46.2 Å². The highest BCUT2D eigenvalue weighted by atomic mass is 32.2. The van der Waals surface area contributed by atoms with E-state index in [0.29, 0.717) is 0 Å². The molecule has 10 nitrogen and oxygen atoms in total. The molecule has 2 unspecified atom stereocenters. The third-order valence-electron chi connectivity index (χ3n) is 4.74. The molecular formula is C20H8N4O6S2. The molecule has 2 aliphatic rings. The van der Waals surface area contributed by atoms with Crippen molar-refractivity contribution in [2.75, 3.05) is 0 Å². The maximum absolute atomic E-state index is 12.8. The maximum Gasteiger partial charge on any atom is 0.298 e. The highest BCUT2D eigenvalue weighted by molar-refractivity contribution is 7.96. The average molecular weight is 464 g/mol. The minimum Gasteiger partial charge on any atom is -0.253 e. The summed E-state index contributed by atoms with van der Waals surface area (Å²) in [4.78, 5) is -1.36. The van der Waals surface area contributed by atoms with Crippen LogP contribution in [-0.4, -0.2) is 16.8 Å². The topological polar surface area (TPSA) is 182 Å². The molecule has 0 amide bonds. The summed E-state index contributed by atoms with van der Waals surface area (Å²) in [5.41, 5.74) is -0.0645. The molecule has 2 aromatic rings. The Morgan fingerprint density at radius 3 is 1.09 bits per heavy atom. The lowest BCUT2D eigenvalue weighted by atomic mass is 9.99. The van der Waals surface area contributed by atoms with Gasteiger partial charge in [0.2, 0.25) is 0 Å². The molecule has 0 aliphatic carbocycles. The third-order valence-corrected chi connectivity index (χ3v) is 7.70. The molecule has 0 fully saturated rings. The van der Waals surface area contributed by atoms with E-state index in [4.69, 9.17) is 8.37 Å². The molecular weight excluding hydrogens is 456 g/mol. The van der Waals surface area contributed by atoms with Crippen LogP contribution in [0.5, 0.6) is 0 Å². The predicted octanol–water partition coefficient (Wildman–Crippen LogP) is 1.89. The second-order valence-electron chi connectivity index (χ2n) is 6.72. The van der Waals surface area contributed by atoms with Gasteiger partial charge in [0.05, 0.1) is 46.5 Å². The number of benzene rings is 2. The molecule has 32 heavy (non-hydrogen) atoms. The van der Waals surface area contributed by atoms with Gasteiger partial charge in [0.15, 0.2) is 0 Å². The van der Waals surface area contributed by atoms with Crippen molar-refractivity contribution in [1.29, 1.82) is 21.0 Å². The minimum absolute atomic E-state index is 0.00217. The summed E-state index contributed by atoms with van der Waals surface area (Å²) >= 11 is 0. The first-order valence-electron chi connectivity index (χ1n) is 8.64. The third kappa shape index (κ3) is 3.30. The molecule has 0 radical (unpaired) electrons. The van der Waals surface area contributed by atoms with Crippen LogP contribution in [0.2, 0.25) is 0 Å². The van der Waals surface area contributed by atoms with Gasteiger partial charge in [-0.2, -0.15) is 37.9 Å². The molecule has 4 rings (SSSR count). The lowest BCUT2D eigenvalue weighted by molar-refractivity contribution is 0.245. The van der Waals surface area contributed by atoms with Crippen molar-refractivity contribution < 1.29 is 25.2 Å². The maximum atomic E-state index is 12.8. The largest absolute Gasteiger partial charge is 0.298 e. The van der Waals surface area contributed by atoms with Gasteiger partial charge in [-0.3, -0.25) is 8.37 Å². The van der Waals surface area contributed by atoms with Gasteiger partial charge >= 0.3 is 0 Å². The Labute approximate surface area is 182 Å². The number of nitrogens with zero attached hydrogens (tertiary/aromatic N) is 4. The summed E-state index contributed by atoms with van der Waals surface area (Å²) in [5.74, 6) is 0. The highest BCUT2D eigenvalue weighted by Gasteiger charge is 2.56. The van der Waals surface area contributed by atoms with E-state index in [2.05, 4.69) is 0 Å². The number of hydrogen-bond donors (Lipinski definition) is 0. The van der Waals surface area contributed by atoms with Crippen LogP contribution in [0, 0.1) is 45.3 Å². The van der Waals surface area contributed by atoms with Gasteiger partial charge in [-0.05, 0) is 47.5 Å². The van der Waals surface area contributed by atoms with Crippen LogP contribution in [0.4, 0.5) is 0 Å².